The van der Waals surface area contributed by atoms with E-state index in [0.717, 1.165) is 38.5 Å². The molecule has 0 radical (unpaired) electrons. The molecule has 0 spiro atoms. The van der Waals surface area contributed by atoms with Gasteiger partial charge in [-0.3, -0.25) is 0 Å². The number of esters is 1. The molecule has 19 heavy (non-hydrogen) atoms. The molecule has 1 N–H and O–H groups in total. The highest BCUT2D eigenvalue weighted by molar-refractivity contribution is 8.59. The molecular formula is C12H23O4PS2. The van der Waals surface area contributed by atoms with Crippen molar-refractivity contribution < 1.29 is 18.9 Å². The molecule has 112 valence electrons. The lowest BCUT2D eigenvalue weighted by Gasteiger charge is -2.08. The first-order valence-corrected chi connectivity index (χ1v) is 10.2. The van der Waals surface area contributed by atoms with Crippen LogP contribution < -0.4 is 0 Å². The summed E-state index contributed by atoms with van der Waals surface area (Å²) in [5.74, 6) is -0.316. The summed E-state index contributed by atoms with van der Waals surface area (Å²) in [5, 5.41) is 0. The average Bonchev–Trinajstić information content (AvgIpc) is 2.29. The van der Waals surface area contributed by atoms with E-state index >= 15 is 0 Å². The van der Waals surface area contributed by atoms with Crippen LogP contribution in [0, 0.1) is 0 Å². The highest BCUT2D eigenvalue weighted by atomic mass is 32.9. The second-order valence-electron chi connectivity index (χ2n) is 4.36. The Balaban J connectivity index is 3.22. The van der Waals surface area contributed by atoms with Gasteiger partial charge < -0.3 is 14.2 Å². The van der Waals surface area contributed by atoms with Crippen LogP contribution in [0.25, 0.3) is 0 Å². The molecule has 1 atom stereocenters. The topological polar surface area (TPSA) is 55.8 Å². The summed E-state index contributed by atoms with van der Waals surface area (Å²) in [6.45, 7) is 6.08. The maximum absolute atomic E-state index is 11.1. The van der Waals surface area contributed by atoms with Crippen molar-refractivity contribution in [2.45, 2.75) is 45.4 Å². The number of thiol groups is 1. The Kier molecular flexibility index (Phi) is 10.9. The molecule has 0 aromatic carbocycles. The molecular weight excluding hydrogens is 303 g/mol. The zero-order chi connectivity index (χ0) is 14.7. The standard InChI is InChI=1S/C12H23O4PS2/c1-11(2)12(13)15-9-7-5-3-4-6-8-10-16-17(14,18)19/h1,3-10H2,2H3,(H2,14,18,19). The van der Waals surface area contributed by atoms with Gasteiger partial charge in [0.2, 0.25) is 5.69 Å². The fourth-order valence-corrected chi connectivity index (χ4v) is 2.22. The summed E-state index contributed by atoms with van der Waals surface area (Å²) < 4.78 is 9.99. The normalized spacial score (nSPS) is 13.8. The smallest absolute Gasteiger partial charge is 0.333 e. The zero-order valence-corrected chi connectivity index (χ0v) is 13.9. The number of carbonyl (C=O) groups is 1. The van der Waals surface area contributed by atoms with Crippen molar-refractivity contribution >= 4 is 35.7 Å². The van der Waals surface area contributed by atoms with Crippen molar-refractivity contribution in [3.63, 3.8) is 0 Å². The van der Waals surface area contributed by atoms with E-state index in [1.807, 2.05) is 0 Å². The first-order chi connectivity index (χ1) is 8.83. The molecule has 0 saturated carbocycles. The first-order valence-electron chi connectivity index (χ1n) is 6.35. The molecule has 0 fully saturated rings. The SMILES string of the molecule is C=C(C)C(=O)OCCCCCCCCOP(O)(=S)S. The van der Waals surface area contributed by atoms with Crippen molar-refractivity contribution in [3.8, 4) is 0 Å². The molecule has 0 aliphatic carbocycles. The van der Waals surface area contributed by atoms with Gasteiger partial charge >= 0.3 is 5.97 Å². The maximum atomic E-state index is 11.1. The minimum absolute atomic E-state index is 0.316. The van der Waals surface area contributed by atoms with Gasteiger partial charge in [-0.2, -0.15) is 0 Å². The van der Waals surface area contributed by atoms with E-state index in [9.17, 15) is 4.79 Å². The molecule has 7 heteroatoms. The van der Waals surface area contributed by atoms with E-state index in [2.05, 4.69) is 30.6 Å². The van der Waals surface area contributed by atoms with Gasteiger partial charge in [-0.1, -0.05) is 44.5 Å². The summed E-state index contributed by atoms with van der Waals surface area (Å²) in [4.78, 5) is 20.2. The van der Waals surface area contributed by atoms with Crippen LogP contribution in [-0.2, 0) is 25.9 Å². The Morgan fingerprint density at radius 2 is 1.68 bits per heavy atom. The lowest BCUT2D eigenvalue weighted by molar-refractivity contribution is -0.139. The van der Waals surface area contributed by atoms with Crippen LogP contribution in [0.4, 0.5) is 0 Å². The van der Waals surface area contributed by atoms with Crippen molar-refractivity contribution in [1.29, 1.82) is 0 Å². The molecule has 0 heterocycles. The predicted octanol–water partition coefficient (Wildman–Crippen LogP) is 3.61. The minimum Gasteiger partial charge on any atom is -0.462 e. The number of hydrogen-bond acceptors (Lipinski definition) is 4. The van der Waals surface area contributed by atoms with Gasteiger partial charge in [0.15, 0.2) is 0 Å². The number of carbonyl (C=O) groups excluding carboxylic acids is 1. The molecule has 0 rings (SSSR count). The van der Waals surface area contributed by atoms with Crippen molar-refractivity contribution in [2.75, 3.05) is 13.2 Å². The Labute approximate surface area is 125 Å². The van der Waals surface area contributed by atoms with Gasteiger partial charge in [-0.05, 0) is 31.6 Å². The van der Waals surface area contributed by atoms with E-state index in [1.54, 1.807) is 6.92 Å². The summed E-state index contributed by atoms with van der Waals surface area (Å²) in [6, 6.07) is 0. The molecule has 0 aliphatic rings. The summed E-state index contributed by atoms with van der Waals surface area (Å²) in [6.07, 6.45) is 6.02. The number of rotatable bonds is 11. The first kappa shape index (κ1) is 19.1. The number of unbranched alkanes of at least 4 members (excludes halogenated alkanes) is 5. The summed E-state index contributed by atoms with van der Waals surface area (Å²) in [7, 11) is 0. The van der Waals surface area contributed by atoms with Crippen LogP contribution in [-0.4, -0.2) is 24.1 Å². The van der Waals surface area contributed by atoms with E-state index in [-0.39, 0.29) is 5.97 Å². The average molecular weight is 326 g/mol. The largest absolute Gasteiger partial charge is 0.462 e. The van der Waals surface area contributed by atoms with Gasteiger partial charge in [0.25, 0.3) is 0 Å². The van der Waals surface area contributed by atoms with Crippen LogP contribution in [0.5, 0.6) is 0 Å². The van der Waals surface area contributed by atoms with Gasteiger partial charge in [0, 0.05) is 5.57 Å². The van der Waals surface area contributed by atoms with Crippen LogP contribution in [0.1, 0.15) is 45.4 Å². The molecule has 0 aromatic rings. The Bertz CT molecular complexity index is 328. The molecule has 4 nitrogen and oxygen atoms in total. The molecule has 0 amide bonds. The quantitative estimate of drug-likeness (QED) is 0.200. The third-order valence-electron chi connectivity index (χ3n) is 2.38. The lowest BCUT2D eigenvalue weighted by Crippen LogP contribution is -2.05. The van der Waals surface area contributed by atoms with Gasteiger partial charge in [-0.15, -0.1) is 0 Å². The maximum Gasteiger partial charge on any atom is 0.333 e. The van der Waals surface area contributed by atoms with E-state index in [0.29, 0.717) is 18.8 Å². The number of hydrogen-bond donors (Lipinski definition) is 2. The van der Waals surface area contributed by atoms with Crippen molar-refractivity contribution in [1.82, 2.24) is 0 Å². The number of ether oxygens (including phenoxy) is 1. The van der Waals surface area contributed by atoms with Gasteiger partial charge in [0.05, 0.1) is 13.2 Å². The molecule has 0 aliphatic heterocycles. The van der Waals surface area contributed by atoms with Crippen LogP contribution in [0.2, 0.25) is 0 Å². The van der Waals surface area contributed by atoms with Crippen molar-refractivity contribution in [3.05, 3.63) is 12.2 Å². The molecule has 1 unspecified atom stereocenters. The van der Waals surface area contributed by atoms with E-state index in [1.165, 1.54) is 0 Å². The third-order valence-corrected chi connectivity index (χ3v) is 3.56. The second-order valence-corrected chi connectivity index (χ2v) is 9.52. The molecule has 0 aromatic heterocycles. The van der Waals surface area contributed by atoms with Crippen molar-refractivity contribution in [2.24, 2.45) is 0 Å². The van der Waals surface area contributed by atoms with Crippen LogP contribution in [0.15, 0.2) is 12.2 Å². The highest BCUT2D eigenvalue weighted by Gasteiger charge is 2.04. The zero-order valence-electron chi connectivity index (χ0n) is 11.3. The summed E-state index contributed by atoms with van der Waals surface area (Å²) >= 11 is 8.41. The third kappa shape index (κ3) is 14.4. The summed E-state index contributed by atoms with van der Waals surface area (Å²) in [5.41, 5.74) is -2.34. The van der Waals surface area contributed by atoms with Gasteiger partial charge in [0.1, 0.15) is 0 Å². The van der Waals surface area contributed by atoms with Crippen LogP contribution >= 0.6 is 17.9 Å². The fraction of sp³-hybridized carbons (Fsp3) is 0.750. The van der Waals surface area contributed by atoms with E-state index in [4.69, 9.17) is 14.2 Å². The van der Waals surface area contributed by atoms with E-state index < -0.39 is 5.69 Å². The highest BCUT2D eigenvalue weighted by Crippen LogP contribution is 2.47. The monoisotopic (exact) mass is 326 g/mol. The minimum atomic E-state index is -2.78. The van der Waals surface area contributed by atoms with Gasteiger partial charge in [-0.25, -0.2) is 4.79 Å². The fourth-order valence-electron chi connectivity index (χ4n) is 1.38. The Hall–Kier alpha value is 0.130. The Morgan fingerprint density at radius 1 is 1.21 bits per heavy atom. The predicted molar refractivity (Wildman–Crippen MR) is 84.9 cm³/mol. The second kappa shape index (κ2) is 10.9. The Morgan fingerprint density at radius 3 is 2.16 bits per heavy atom. The molecule has 0 saturated heterocycles. The van der Waals surface area contributed by atoms with Crippen LogP contribution in [0.3, 0.4) is 0 Å². The molecule has 0 bridgehead atoms. The lowest BCUT2D eigenvalue weighted by atomic mass is 10.1.